The van der Waals surface area contributed by atoms with Crippen LogP contribution in [0.1, 0.15) is 50.0 Å². The summed E-state index contributed by atoms with van der Waals surface area (Å²) in [7, 11) is -3.40. The number of aromatic amines is 1. The molecule has 6 rings (SSSR count). The Balaban J connectivity index is 1.47. The lowest BCUT2D eigenvalue weighted by atomic mass is 9.82. The van der Waals surface area contributed by atoms with Crippen LogP contribution in [0, 0.1) is 0 Å². The smallest absolute Gasteiger partial charge is 0.260 e. The summed E-state index contributed by atoms with van der Waals surface area (Å²) < 4.78 is 39.0. The van der Waals surface area contributed by atoms with Crippen molar-refractivity contribution < 1.29 is 22.7 Å². The molecule has 9 nitrogen and oxygen atoms in total. The predicted molar refractivity (Wildman–Crippen MR) is 119 cm³/mol. The van der Waals surface area contributed by atoms with Gasteiger partial charge in [-0.15, -0.1) is 0 Å². The first kappa shape index (κ1) is 21.7. The fourth-order valence-electron chi connectivity index (χ4n) is 5.41. The van der Waals surface area contributed by atoms with E-state index in [0.717, 1.165) is 60.6 Å². The van der Waals surface area contributed by atoms with E-state index in [4.69, 9.17) is 9.47 Å². The van der Waals surface area contributed by atoms with Crippen LogP contribution < -0.4 is 9.46 Å². The van der Waals surface area contributed by atoms with Crippen LogP contribution in [0.3, 0.4) is 0 Å². The molecule has 0 unspecified atom stereocenters. The molecule has 2 bridgehead atoms. The first-order valence-corrected chi connectivity index (χ1v) is 13.2. The van der Waals surface area contributed by atoms with Crippen molar-refractivity contribution in [2.24, 2.45) is 0 Å². The van der Waals surface area contributed by atoms with Crippen LogP contribution in [-0.4, -0.2) is 73.6 Å². The number of H-pyrrole nitrogens is 1. The second kappa shape index (κ2) is 8.64. The average Bonchev–Trinajstić information content (AvgIpc) is 3.22. The van der Waals surface area contributed by atoms with E-state index in [0.29, 0.717) is 25.5 Å². The maximum Gasteiger partial charge on any atom is 0.260 e. The predicted octanol–water partition coefficient (Wildman–Crippen LogP) is 1.91. The molecular formula is C22H30N4O5S. The van der Waals surface area contributed by atoms with Crippen molar-refractivity contribution >= 4 is 26.8 Å². The lowest BCUT2D eigenvalue weighted by molar-refractivity contribution is -0.140. The van der Waals surface area contributed by atoms with Crippen molar-refractivity contribution in [2.45, 2.75) is 62.6 Å². The number of carbonyl (C=O) groups excluding carboxylic acids is 1. The van der Waals surface area contributed by atoms with E-state index >= 15 is 0 Å². The summed E-state index contributed by atoms with van der Waals surface area (Å²) in [6, 6.07) is 3.36. The summed E-state index contributed by atoms with van der Waals surface area (Å²) in [6.07, 6.45) is 8.26. The van der Waals surface area contributed by atoms with Gasteiger partial charge in [-0.1, -0.05) is 0 Å². The van der Waals surface area contributed by atoms with E-state index in [1.54, 1.807) is 11.1 Å². The summed E-state index contributed by atoms with van der Waals surface area (Å²) in [4.78, 5) is 15.0. The summed E-state index contributed by atoms with van der Waals surface area (Å²) in [5.41, 5.74) is 2.08. The summed E-state index contributed by atoms with van der Waals surface area (Å²) in [5.74, 6) is 0.925. The normalized spacial score (nSPS) is 29.4. The molecule has 174 valence electrons. The lowest BCUT2D eigenvalue weighted by Gasteiger charge is -2.41. The Kier molecular flexibility index (Phi) is 5.85. The molecular weight excluding hydrogens is 432 g/mol. The zero-order valence-corrected chi connectivity index (χ0v) is 19.1. The minimum absolute atomic E-state index is 0.0887. The zero-order chi connectivity index (χ0) is 22.3. The van der Waals surface area contributed by atoms with Gasteiger partial charge in [-0.3, -0.25) is 9.89 Å². The minimum atomic E-state index is -3.40. The van der Waals surface area contributed by atoms with Gasteiger partial charge in [0.05, 0.1) is 36.7 Å². The van der Waals surface area contributed by atoms with E-state index in [9.17, 15) is 13.2 Å². The molecule has 2 N–H and O–H groups in total. The van der Waals surface area contributed by atoms with Crippen molar-refractivity contribution in [1.82, 2.24) is 19.8 Å². The Bertz CT molecular complexity index is 1090. The van der Waals surface area contributed by atoms with Gasteiger partial charge < -0.3 is 14.4 Å². The number of carbonyl (C=O) groups is 1. The van der Waals surface area contributed by atoms with E-state index < -0.39 is 10.0 Å². The molecule has 1 saturated heterocycles. The van der Waals surface area contributed by atoms with Gasteiger partial charge in [0.15, 0.2) is 6.61 Å². The van der Waals surface area contributed by atoms with E-state index in [-0.39, 0.29) is 30.7 Å². The van der Waals surface area contributed by atoms with Crippen LogP contribution >= 0.6 is 0 Å². The molecule has 0 radical (unpaired) electrons. The van der Waals surface area contributed by atoms with Crippen molar-refractivity contribution in [1.29, 1.82) is 0 Å². The van der Waals surface area contributed by atoms with Gasteiger partial charge in [-0.05, 0) is 62.1 Å². The fourth-order valence-corrected chi connectivity index (χ4v) is 6.24. The number of sulfonamides is 1. The first-order valence-electron chi connectivity index (χ1n) is 11.4. The quantitative estimate of drug-likeness (QED) is 0.705. The Morgan fingerprint density at radius 3 is 2.78 bits per heavy atom. The Hall–Kier alpha value is -2.17. The van der Waals surface area contributed by atoms with Crippen LogP contribution in [-0.2, 0) is 19.6 Å². The van der Waals surface area contributed by atoms with E-state index in [1.165, 1.54) is 0 Å². The number of hydrogen-bond acceptors (Lipinski definition) is 6. The number of ether oxygens (including phenoxy) is 2. The Morgan fingerprint density at radius 2 is 2.00 bits per heavy atom. The zero-order valence-electron chi connectivity index (χ0n) is 18.2. The average molecular weight is 463 g/mol. The Labute approximate surface area is 187 Å². The van der Waals surface area contributed by atoms with Gasteiger partial charge in [-0.2, -0.15) is 5.10 Å². The van der Waals surface area contributed by atoms with Crippen molar-refractivity contribution in [2.75, 3.05) is 26.0 Å². The number of aromatic nitrogens is 2. The monoisotopic (exact) mass is 462 g/mol. The third kappa shape index (κ3) is 4.49. The van der Waals surface area contributed by atoms with E-state index in [2.05, 4.69) is 21.0 Å². The maximum atomic E-state index is 13.2. The molecule has 4 heterocycles. The molecule has 1 aromatic heterocycles. The number of piperidine rings is 1. The molecule has 2 fully saturated rings. The molecule has 3 aliphatic heterocycles. The van der Waals surface area contributed by atoms with Crippen molar-refractivity contribution in [3.63, 3.8) is 0 Å². The summed E-state index contributed by atoms with van der Waals surface area (Å²) in [6.45, 7) is 0.809. The van der Waals surface area contributed by atoms with Crippen LogP contribution in [0.5, 0.6) is 5.75 Å². The molecule has 10 heteroatoms. The minimum Gasteiger partial charge on any atom is -0.483 e. The van der Waals surface area contributed by atoms with Crippen LogP contribution in [0.25, 0.3) is 10.9 Å². The van der Waals surface area contributed by atoms with Crippen LogP contribution in [0.4, 0.5) is 0 Å². The number of rotatable bonds is 2. The Morgan fingerprint density at radius 1 is 1.19 bits per heavy atom. The number of nitrogens with one attached hydrogen (secondary N) is 2. The topological polar surface area (TPSA) is 114 Å². The number of nitrogens with zero attached hydrogens (tertiary/aromatic N) is 2. The highest BCUT2D eigenvalue weighted by Crippen LogP contribution is 2.40. The third-order valence-corrected chi connectivity index (χ3v) is 7.73. The lowest BCUT2D eigenvalue weighted by Crippen LogP contribution is -2.59. The molecule has 1 aromatic carbocycles. The number of benzene rings is 1. The SMILES string of the molecule is CS(=O)(=O)N[C@H]1CCCN2C(=O)COc3cc4cn[nH]c4cc3C3CCC(CC3)OC[C@@H]12. The molecule has 1 amide bonds. The van der Waals surface area contributed by atoms with Crippen molar-refractivity contribution in [3.8, 4) is 5.75 Å². The second-order valence-electron chi connectivity index (χ2n) is 9.24. The molecule has 2 aromatic rings. The van der Waals surface area contributed by atoms with Gasteiger partial charge in [0.2, 0.25) is 10.0 Å². The van der Waals surface area contributed by atoms with Gasteiger partial charge in [0.1, 0.15) is 5.75 Å². The molecule has 2 atom stereocenters. The highest BCUT2D eigenvalue weighted by atomic mass is 32.2. The fraction of sp³-hybridized carbons (Fsp3) is 0.636. The number of fused-ring (bicyclic) bond motifs is 6. The molecule has 4 aliphatic rings. The highest BCUT2D eigenvalue weighted by molar-refractivity contribution is 7.88. The maximum absolute atomic E-state index is 13.2. The highest BCUT2D eigenvalue weighted by Gasteiger charge is 2.37. The third-order valence-electron chi connectivity index (χ3n) is 7.00. The first-order chi connectivity index (χ1) is 15.4. The van der Waals surface area contributed by atoms with Gasteiger partial charge in [-0.25, -0.2) is 13.1 Å². The molecule has 32 heavy (non-hydrogen) atoms. The van der Waals surface area contributed by atoms with Crippen molar-refractivity contribution in [3.05, 3.63) is 23.9 Å². The molecule has 1 aliphatic carbocycles. The number of hydrogen-bond donors (Lipinski definition) is 2. The largest absolute Gasteiger partial charge is 0.483 e. The van der Waals surface area contributed by atoms with E-state index in [1.807, 2.05) is 6.07 Å². The van der Waals surface area contributed by atoms with Crippen LogP contribution in [0.2, 0.25) is 0 Å². The standard InChI is InChI=1S/C22H30N4O5S/c1-32(28,29)25-18-3-2-8-26-20(18)12-30-16-6-4-14(5-7-16)17-10-19-15(11-23-24-19)9-21(17)31-13-22(26)27/h9-11,14,16,18,20,25H,2-8,12-13H2,1H3,(H,23,24)/t14?,16?,18-,20-/m0/s1. The molecule has 1 saturated carbocycles. The van der Waals surface area contributed by atoms with Gasteiger partial charge in [0.25, 0.3) is 5.91 Å². The van der Waals surface area contributed by atoms with Gasteiger partial charge >= 0.3 is 0 Å². The van der Waals surface area contributed by atoms with Gasteiger partial charge in [0, 0.05) is 18.0 Å². The second-order valence-corrected chi connectivity index (χ2v) is 11.0. The summed E-state index contributed by atoms with van der Waals surface area (Å²) in [5, 5.41) is 8.12. The molecule has 0 spiro atoms. The van der Waals surface area contributed by atoms with Crippen LogP contribution in [0.15, 0.2) is 18.3 Å². The number of amides is 1. The summed E-state index contributed by atoms with van der Waals surface area (Å²) >= 11 is 0.